The van der Waals surface area contributed by atoms with Crippen molar-refractivity contribution in [3.8, 4) is 17.6 Å². The molecule has 0 radical (unpaired) electrons. The van der Waals surface area contributed by atoms with Crippen LogP contribution in [-0.4, -0.2) is 36.6 Å². The Morgan fingerprint density at radius 3 is 2.82 bits per heavy atom. The zero-order valence-electron chi connectivity index (χ0n) is 13.3. The number of nitriles is 1. The van der Waals surface area contributed by atoms with E-state index in [0.29, 0.717) is 23.1 Å². The van der Waals surface area contributed by atoms with Gasteiger partial charge in [-0.3, -0.25) is 4.79 Å². The zero-order chi connectivity index (χ0) is 16.1. The van der Waals surface area contributed by atoms with Crippen molar-refractivity contribution >= 4 is 5.91 Å². The fraction of sp³-hybridized carbons (Fsp3) is 0.529. The summed E-state index contributed by atoms with van der Waals surface area (Å²) in [5.74, 6) is 0.950. The topological polar surface area (TPSA) is 62.6 Å². The highest BCUT2D eigenvalue weighted by atomic mass is 16.5. The van der Waals surface area contributed by atoms with Crippen LogP contribution in [0.1, 0.15) is 38.7 Å². The second kappa shape index (κ2) is 7.17. The summed E-state index contributed by atoms with van der Waals surface area (Å²) in [6, 6.07) is 7.54. The van der Waals surface area contributed by atoms with Gasteiger partial charge in [0.15, 0.2) is 18.1 Å². The minimum absolute atomic E-state index is 0.00302. The number of hydrogen-bond acceptors (Lipinski definition) is 4. The first-order chi connectivity index (χ1) is 10.6. The van der Waals surface area contributed by atoms with Crippen LogP contribution in [0, 0.1) is 11.3 Å². The summed E-state index contributed by atoms with van der Waals surface area (Å²) in [4.78, 5) is 14.4. The van der Waals surface area contributed by atoms with Crippen molar-refractivity contribution < 1.29 is 14.3 Å². The third-order valence-electron chi connectivity index (χ3n) is 4.19. The van der Waals surface area contributed by atoms with Gasteiger partial charge in [-0.15, -0.1) is 0 Å². The Labute approximate surface area is 131 Å². The minimum atomic E-state index is -0.0108. The number of nitrogens with zero attached hydrogens (tertiary/aromatic N) is 2. The number of methoxy groups -OCH3 is 1. The Bertz CT molecular complexity index is 580. The number of carbonyl (C=O) groups excluding carboxylic acids is 1. The van der Waals surface area contributed by atoms with Crippen molar-refractivity contribution in [2.75, 3.05) is 13.7 Å². The molecular weight excluding hydrogens is 280 g/mol. The standard InChI is InChI=1S/C17H22N2O3/c1-4-14-7-5-12(2)19(14)17(20)11-22-15-8-6-13(10-18)9-16(15)21-3/h6,8-9,12,14H,4-5,7,11H2,1-3H3/t12-,14-/m1/s1. The maximum absolute atomic E-state index is 12.4. The number of hydrogen-bond donors (Lipinski definition) is 0. The Hall–Kier alpha value is -2.22. The van der Waals surface area contributed by atoms with Crippen molar-refractivity contribution in [1.29, 1.82) is 5.26 Å². The summed E-state index contributed by atoms with van der Waals surface area (Å²) in [7, 11) is 1.51. The molecule has 1 amide bonds. The fourth-order valence-corrected chi connectivity index (χ4v) is 2.99. The van der Waals surface area contributed by atoms with E-state index in [0.717, 1.165) is 19.3 Å². The number of ether oxygens (including phenoxy) is 2. The third kappa shape index (κ3) is 3.33. The van der Waals surface area contributed by atoms with Gasteiger partial charge in [-0.2, -0.15) is 5.26 Å². The van der Waals surface area contributed by atoms with Gasteiger partial charge < -0.3 is 14.4 Å². The van der Waals surface area contributed by atoms with Gasteiger partial charge in [0, 0.05) is 18.2 Å². The predicted molar refractivity (Wildman–Crippen MR) is 82.8 cm³/mol. The van der Waals surface area contributed by atoms with Crippen LogP contribution in [0.15, 0.2) is 18.2 Å². The smallest absolute Gasteiger partial charge is 0.260 e. The van der Waals surface area contributed by atoms with Crippen molar-refractivity contribution in [3.63, 3.8) is 0 Å². The summed E-state index contributed by atoms with van der Waals surface area (Å²) >= 11 is 0. The summed E-state index contributed by atoms with van der Waals surface area (Å²) in [5.41, 5.74) is 0.495. The van der Waals surface area contributed by atoms with E-state index in [9.17, 15) is 4.79 Å². The molecule has 0 saturated carbocycles. The van der Waals surface area contributed by atoms with E-state index in [2.05, 4.69) is 13.8 Å². The largest absolute Gasteiger partial charge is 0.493 e. The molecule has 0 spiro atoms. The molecule has 118 valence electrons. The van der Waals surface area contributed by atoms with Crippen LogP contribution in [0.3, 0.4) is 0 Å². The Morgan fingerprint density at radius 1 is 1.41 bits per heavy atom. The lowest BCUT2D eigenvalue weighted by Crippen LogP contribution is -2.42. The van der Waals surface area contributed by atoms with Gasteiger partial charge in [-0.25, -0.2) is 0 Å². The monoisotopic (exact) mass is 302 g/mol. The maximum atomic E-state index is 12.4. The Balaban J connectivity index is 2.03. The highest BCUT2D eigenvalue weighted by Gasteiger charge is 2.33. The molecule has 0 bridgehead atoms. The minimum Gasteiger partial charge on any atom is -0.493 e. The van der Waals surface area contributed by atoms with E-state index < -0.39 is 0 Å². The fourth-order valence-electron chi connectivity index (χ4n) is 2.99. The molecule has 2 atom stereocenters. The molecule has 0 unspecified atom stereocenters. The van der Waals surface area contributed by atoms with Crippen molar-refractivity contribution in [1.82, 2.24) is 4.90 Å². The van der Waals surface area contributed by atoms with E-state index in [-0.39, 0.29) is 18.6 Å². The van der Waals surface area contributed by atoms with Gasteiger partial charge in [0.25, 0.3) is 5.91 Å². The SMILES string of the molecule is CC[C@@H]1CC[C@@H](C)N1C(=O)COc1ccc(C#N)cc1OC. The molecule has 0 N–H and O–H groups in total. The Morgan fingerprint density at radius 2 is 2.18 bits per heavy atom. The molecule has 1 heterocycles. The lowest BCUT2D eigenvalue weighted by Gasteiger charge is -2.28. The highest BCUT2D eigenvalue weighted by Crippen LogP contribution is 2.29. The van der Waals surface area contributed by atoms with Gasteiger partial charge >= 0.3 is 0 Å². The van der Waals surface area contributed by atoms with Gasteiger partial charge in [0.05, 0.1) is 18.7 Å². The van der Waals surface area contributed by atoms with Crippen LogP contribution in [0.5, 0.6) is 11.5 Å². The number of carbonyl (C=O) groups is 1. The highest BCUT2D eigenvalue weighted by molar-refractivity contribution is 5.79. The van der Waals surface area contributed by atoms with Crippen LogP contribution in [0.4, 0.5) is 0 Å². The second-order valence-corrected chi connectivity index (χ2v) is 5.56. The van der Waals surface area contributed by atoms with E-state index in [1.54, 1.807) is 18.2 Å². The summed E-state index contributed by atoms with van der Waals surface area (Å²) in [6.45, 7) is 4.17. The Kier molecular flexibility index (Phi) is 5.26. The number of likely N-dealkylation sites (tertiary alicyclic amines) is 1. The average molecular weight is 302 g/mol. The van der Waals surface area contributed by atoms with Crippen molar-refractivity contribution in [3.05, 3.63) is 23.8 Å². The third-order valence-corrected chi connectivity index (χ3v) is 4.19. The molecule has 2 rings (SSSR count). The quantitative estimate of drug-likeness (QED) is 0.839. The molecule has 1 aromatic carbocycles. The molecule has 0 aromatic heterocycles. The molecule has 1 fully saturated rings. The number of amides is 1. The molecule has 5 heteroatoms. The molecule has 1 saturated heterocycles. The first-order valence-corrected chi connectivity index (χ1v) is 7.62. The first-order valence-electron chi connectivity index (χ1n) is 7.62. The van der Waals surface area contributed by atoms with E-state index in [4.69, 9.17) is 14.7 Å². The average Bonchev–Trinajstić information content (AvgIpc) is 2.93. The van der Waals surface area contributed by atoms with Crippen LogP contribution in [0.25, 0.3) is 0 Å². The second-order valence-electron chi connectivity index (χ2n) is 5.56. The normalized spacial score (nSPS) is 20.5. The zero-order valence-corrected chi connectivity index (χ0v) is 13.3. The lowest BCUT2D eigenvalue weighted by molar-refractivity contribution is -0.136. The maximum Gasteiger partial charge on any atom is 0.260 e. The summed E-state index contributed by atoms with van der Waals surface area (Å²) in [6.07, 6.45) is 3.07. The van der Waals surface area contributed by atoms with Gasteiger partial charge in [0.2, 0.25) is 0 Å². The van der Waals surface area contributed by atoms with Crippen LogP contribution in [-0.2, 0) is 4.79 Å². The van der Waals surface area contributed by atoms with Crippen LogP contribution >= 0.6 is 0 Å². The molecule has 0 aliphatic carbocycles. The number of rotatable bonds is 5. The van der Waals surface area contributed by atoms with Crippen LogP contribution in [0.2, 0.25) is 0 Å². The van der Waals surface area contributed by atoms with E-state index in [1.807, 2.05) is 11.0 Å². The summed E-state index contributed by atoms with van der Waals surface area (Å²) in [5, 5.41) is 8.89. The van der Waals surface area contributed by atoms with Gasteiger partial charge in [-0.05, 0) is 38.3 Å². The molecular formula is C17H22N2O3. The molecule has 1 aliphatic rings. The predicted octanol–water partition coefficient (Wildman–Crippen LogP) is 2.74. The van der Waals surface area contributed by atoms with Crippen molar-refractivity contribution in [2.45, 2.75) is 45.2 Å². The molecule has 22 heavy (non-hydrogen) atoms. The molecule has 5 nitrogen and oxygen atoms in total. The molecule has 1 aliphatic heterocycles. The van der Waals surface area contributed by atoms with Gasteiger partial charge in [-0.1, -0.05) is 6.92 Å². The van der Waals surface area contributed by atoms with E-state index >= 15 is 0 Å². The van der Waals surface area contributed by atoms with Gasteiger partial charge in [0.1, 0.15) is 0 Å². The summed E-state index contributed by atoms with van der Waals surface area (Å²) < 4.78 is 10.8. The lowest BCUT2D eigenvalue weighted by atomic mass is 10.1. The van der Waals surface area contributed by atoms with Crippen molar-refractivity contribution in [2.24, 2.45) is 0 Å². The molecule has 1 aromatic rings. The van der Waals surface area contributed by atoms with E-state index in [1.165, 1.54) is 7.11 Å². The van der Waals surface area contributed by atoms with Crippen LogP contribution < -0.4 is 9.47 Å². The number of benzene rings is 1. The first kappa shape index (κ1) is 16.2.